The summed E-state index contributed by atoms with van der Waals surface area (Å²) in [6.07, 6.45) is 2.98. The molecule has 0 saturated carbocycles. The van der Waals surface area contributed by atoms with Gasteiger partial charge in [0.1, 0.15) is 4.88 Å². The van der Waals surface area contributed by atoms with Crippen LogP contribution in [0.15, 0.2) is 11.6 Å². The van der Waals surface area contributed by atoms with E-state index >= 15 is 0 Å². The highest BCUT2D eigenvalue weighted by molar-refractivity contribution is 7.13. The van der Waals surface area contributed by atoms with Crippen molar-refractivity contribution in [1.82, 2.24) is 19.5 Å². The van der Waals surface area contributed by atoms with Crippen LogP contribution in [0.3, 0.4) is 0 Å². The monoisotopic (exact) mass is 337 g/mol. The third-order valence-electron chi connectivity index (χ3n) is 3.66. The van der Waals surface area contributed by atoms with Gasteiger partial charge in [-0.1, -0.05) is 4.49 Å². The third kappa shape index (κ3) is 3.14. The molecule has 0 radical (unpaired) electrons. The molecule has 0 spiro atoms. The number of nitrogens with zero attached hydrogens (tertiary/aromatic N) is 4. The van der Waals surface area contributed by atoms with E-state index in [2.05, 4.69) is 19.9 Å². The number of thiazole rings is 1. The first kappa shape index (κ1) is 15.0. The highest BCUT2D eigenvalue weighted by Gasteiger charge is 2.29. The van der Waals surface area contributed by atoms with Crippen LogP contribution in [0.2, 0.25) is 0 Å². The van der Waals surface area contributed by atoms with Crippen LogP contribution >= 0.6 is 22.9 Å². The number of piperidine rings is 1. The fourth-order valence-electron chi connectivity index (χ4n) is 2.41. The van der Waals surface area contributed by atoms with Gasteiger partial charge >= 0.3 is 0 Å². The Labute approximate surface area is 135 Å². The molecule has 2 aromatic rings. The molecule has 0 aliphatic carbocycles. The Balaban J connectivity index is 1.55. The van der Waals surface area contributed by atoms with E-state index in [1.807, 2.05) is 5.38 Å². The molecule has 0 bridgehead atoms. The molecule has 116 valence electrons. The minimum Gasteiger partial charge on any atom is -0.338 e. The predicted molar refractivity (Wildman–Crippen MR) is 84.0 cm³/mol. The molecule has 1 fully saturated rings. The second kappa shape index (κ2) is 6.49. The van der Waals surface area contributed by atoms with Crippen molar-refractivity contribution in [2.45, 2.75) is 19.8 Å². The first-order valence-electron chi connectivity index (χ1n) is 6.93. The van der Waals surface area contributed by atoms with Crippen LogP contribution in [0, 0.1) is 12.8 Å². The summed E-state index contributed by atoms with van der Waals surface area (Å²) in [7, 11) is 0. The maximum atomic E-state index is 12.4. The lowest BCUT2D eigenvalue weighted by Gasteiger charge is -2.30. The Kier molecular flexibility index (Phi) is 4.44. The molecule has 9 heteroatoms. The molecule has 0 unspecified atom stereocenters. The van der Waals surface area contributed by atoms with Crippen LogP contribution in [0.5, 0.6) is 0 Å². The summed E-state index contributed by atoms with van der Waals surface area (Å²) in [6.45, 7) is 2.93. The standard InChI is InChI=1S/C13H15N5O2S2/c1-8-10(22-17-16-8)12(20)18-5-2-9(3-6-18)11(19)15-13-14-4-7-21-13/h4,7,9H,2-3,5-6H2,1H3,(H,14,15,19). The van der Waals surface area contributed by atoms with Gasteiger partial charge in [0.25, 0.3) is 5.91 Å². The van der Waals surface area contributed by atoms with Gasteiger partial charge in [-0.3, -0.25) is 9.59 Å². The Bertz CT molecular complexity index is 662. The molecule has 7 nitrogen and oxygen atoms in total. The second-order valence-electron chi connectivity index (χ2n) is 5.08. The predicted octanol–water partition coefficient (Wildman–Crippen LogP) is 1.79. The molecule has 22 heavy (non-hydrogen) atoms. The highest BCUT2D eigenvalue weighted by Crippen LogP contribution is 2.22. The van der Waals surface area contributed by atoms with Crippen molar-refractivity contribution in [3.63, 3.8) is 0 Å². The van der Waals surface area contributed by atoms with Gasteiger partial charge in [-0.05, 0) is 31.3 Å². The molecule has 2 aromatic heterocycles. The lowest BCUT2D eigenvalue weighted by molar-refractivity contribution is -0.121. The van der Waals surface area contributed by atoms with Gasteiger partial charge in [0, 0.05) is 30.6 Å². The highest BCUT2D eigenvalue weighted by atomic mass is 32.1. The number of anilines is 1. The van der Waals surface area contributed by atoms with Crippen LogP contribution in [-0.4, -0.2) is 44.4 Å². The van der Waals surface area contributed by atoms with Crippen molar-refractivity contribution >= 4 is 39.8 Å². The number of rotatable bonds is 3. The molecule has 2 amide bonds. The van der Waals surface area contributed by atoms with Crippen LogP contribution in [0.4, 0.5) is 5.13 Å². The van der Waals surface area contributed by atoms with E-state index in [-0.39, 0.29) is 17.7 Å². The molecular weight excluding hydrogens is 322 g/mol. The average molecular weight is 337 g/mol. The number of hydrogen-bond donors (Lipinski definition) is 1. The summed E-state index contributed by atoms with van der Waals surface area (Å²) in [5.74, 6) is -0.127. The maximum absolute atomic E-state index is 12.4. The summed E-state index contributed by atoms with van der Waals surface area (Å²) >= 11 is 2.52. The van der Waals surface area contributed by atoms with E-state index in [9.17, 15) is 9.59 Å². The number of hydrogen-bond acceptors (Lipinski definition) is 7. The minimum absolute atomic E-state index is 0.0160. The smallest absolute Gasteiger partial charge is 0.267 e. The summed E-state index contributed by atoms with van der Waals surface area (Å²) in [5.41, 5.74) is 0.665. The van der Waals surface area contributed by atoms with Gasteiger partial charge in [0.2, 0.25) is 5.91 Å². The number of aryl methyl sites for hydroxylation is 1. The zero-order valence-electron chi connectivity index (χ0n) is 12.0. The van der Waals surface area contributed by atoms with Crippen LogP contribution in [-0.2, 0) is 4.79 Å². The number of likely N-dealkylation sites (tertiary alicyclic amines) is 1. The van der Waals surface area contributed by atoms with Crippen molar-refractivity contribution < 1.29 is 9.59 Å². The fraction of sp³-hybridized carbons (Fsp3) is 0.462. The topological polar surface area (TPSA) is 88.1 Å². The van der Waals surface area contributed by atoms with Crippen molar-refractivity contribution in [2.24, 2.45) is 5.92 Å². The normalized spacial score (nSPS) is 15.8. The van der Waals surface area contributed by atoms with Crippen molar-refractivity contribution in [1.29, 1.82) is 0 Å². The summed E-state index contributed by atoms with van der Waals surface area (Å²) < 4.78 is 3.80. The third-order valence-corrected chi connectivity index (χ3v) is 5.17. The Morgan fingerprint density at radius 1 is 1.36 bits per heavy atom. The zero-order chi connectivity index (χ0) is 15.5. The summed E-state index contributed by atoms with van der Waals surface area (Å²) in [5, 5.41) is 9.13. The summed E-state index contributed by atoms with van der Waals surface area (Å²) in [6, 6.07) is 0. The minimum atomic E-state index is -0.0753. The van der Waals surface area contributed by atoms with E-state index in [1.54, 1.807) is 18.0 Å². The first-order valence-corrected chi connectivity index (χ1v) is 8.59. The van der Waals surface area contributed by atoms with Gasteiger partial charge < -0.3 is 10.2 Å². The van der Waals surface area contributed by atoms with Gasteiger partial charge in [-0.25, -0.2) is 4.98 Å². The molecule has 0 atom stereocenters. The van der Waals surface area contributed by atoms with E-state index in [4.69, 9.17) is 0 Å². The summed E-state index contributed by atoms with van der Waals surface area (Å²) in [4.78, 5) is 30.9. The van der Waals surface area contributed by atoms with Crippen LogP contribution in [0.25, 0.3) is 0 Å². The first-order chi connectivity index (χ1) is 10.6. The van der Waals surface area contributed by atoms with Crippen molar-refractivity contribution in [2.75, 3.05) is 18.4 Å². The Morgan fingerprint density at radius 3 is 2.73 bits per heavy atom. The molecule has 1 saturated heterocycles. The number of aromatic nitrogens is 3. The van der Waals surface area contributed by atoms with E-state index in [0.717, 1.165) is 11.5 Å². The number of nitrogens with one attached hydrogen (secondary N) is 1. The fourth-order valence-corrected chi connectivity index (χ4v) is 3.57. The lowest BCUT2D eigenvalue weighted by atomic mass is 9.96. The molecule has 1 N–H and O–H groups in total. The van der Waals surface area contributed by atoms with Gasteiger partial charge in [0.15, 0.2) is 5.13 Å². The maximum Gasteiger partial charge on any atom is 0.267 e. The molecule has 1 aliphatic rings. The van der Waals surface area contributed by atoms with E-state index < -0.39 is 0 Å². The van der Waals surface area contributed by atoms with E-state index in [0.29, 0.717) is 41.6 Å². The molecule has 3 rings (SSSR count). The molecule has 0 aromatic carbocycles. The zero-order valence-corrected chi connectivity index (χ0v) is 13.6. The quantitative estimate of drug-likeness (QED) is 0.922. The number of carbonyl (C=O) groups excluding carboxylic acids is 2. The number of amides is 2. The Hall–Kier alpha value is -1.87. The van der Waals surface area contributed by atoms with Gasteiger partial charge in [-0.15, -0.1) is 16.4 Å². The van der Waals surface area contributed by atoms with Crippen molar-refractivity contribution in [3.8, 4) is 0 Å². The van der Waals surface area contributed by atoms with E-state index in [1.165, 1.54) is 11.3 Å². The molecular formula is C13H15N5O2S2. The second-order valence-corrected chi connectivity index (χ2v) is 6.73. The van der Waals surface area contributed by atoms with Crippen molar-refractivity contribution in [3.05, 3.63) is 22.1 Å². The lowest BCUT2D eigenvalue weighted by Crippen LogP contribution is -2.41. The van der Waals surface area contributed by atoms with Gasteiger partial charge in [0.05, 0.1) is 5.69 Å². The van der Waals surface area contributed by atoms with Gasteiger partial charge in [-0.2, -0.15) is 0 Å². The SMILES string of the molecule is Cc1nnsc1C(=O)N1CCC(C(=O)Nc2nccs2)CC1. The average Bonchev–Trinajstić information content (AvgIpc) is 3.18. The number of carbonyl (C=O) groups is 2. The molecule has 3 heterocycles. The largest absolute Gasteiger partial charge is 0.338 e. The molecule has 1 aliphatic heterocycles. The van der Waals surface area contributed by atoms with Crippen LogP contribution in [0.1, 0.15) is 28.2 Å². The van der Waals surface area contributed by atoms with Crippen LogP contribution < -0.4 is 5.32 Å². The Morgan fingerprint density at radius 2 is 2.14 bits per heavy atom.